The van der Waals surface area contributed by atoms with Crippen molar-refractivity contribution in [3.05, 3.63) is 35.4 Å². The average molecular weight is 299 g/mol. The molecule has 1 saturated heterocycles. The smallest absolute Gasteiger partial charge is 0.409 e. The Hall–Kier alpha value is -1.99. The zero-order chi connectivity index (χ0) is 15.7. The molecule has 22 heavy (non-hydrogen) atoms. The lowest BCUT2D eigenvalue weighted by molar-refractivity contribution is 0.0886. The minimum atomic E-state index is -0.929. The summed E-state index contributed by atoms with van der Waals surface area (Å²) in [7, 11) is 1.40. The monoisotopic (exact) mass is 299 g/mol. The van der Waals surface area contributed by atoms with Gasteiger partial charge in [0.1, 0.15) is 5.60 Å². The van der Waals surface area contributed by atoms with Crippen molar-refractivity contribution in [1.82, 2.24) is 4.90 Å². The molecule has 0 bridgehead atoms. The summed E-state index contributed by atoms with van der Waals surface area (Å²) in [5.74, 6) is 6.79. The van der Waals surface area contributed by atoms with Crippen LogP contribution in [0.15, 0.2) is 24.3 Å². The molecule has 3 rings (SSSR count). The minimum Gasteiger partial charge on any atom is -0.453 e. The molecule has 1 saturated carbocycles. The number of carbonyl (C=O) groups is 1. The Kier molecular flexibility index (Phi) is 3.84. The van der Waals surface area contributed by atoms with Crippen LogP contribution in [0.1, 0.15) is 24.0 Å². The molecule has 2 unspecified atom stereocenters. The first-order valence-corrected chi connectivity index (χ1v) is 7.64. The summed E-state index contributed by atoms with van der Waals surface area (Å²) in [5, 5.41) is 10.7. The molecule has 2 aliphatic rings. The van der Waals surface area contributed by atoms with Crippen molar-refractivity contribution in [2.24, 2.45) is 11.8 Å². The molecule has 1 heterocycles. The molecule has 4 heteroatoms. The number of nitrogens with zero attached hydrogens (tertiary/aromatic N) is 1. The van der Waals surface area contributed by atoms with Gasteiger partial charge in [-0.2, -0.15) is 0 Å². The van der Waals surface area contributed by atoms with Crippen LogP contribution < -0.4 is 0 Å². The first-order valence-electron chi connectivity index (χ1n) is 7.64. The largest absolute Gasteiger partial charge is 0.453 e. The van der Waals surface area contributed by atoms with Gasteiger partial charge in [0.15, 0.2) is 0 Å². The van der Waals surface area contributed by atoms with Gasteiger partial charge in [-0.05, 0) is 49.3 Å². The number of hydrogen-bond acceptors (Lipinski definition) is 3. The Morgan fingerprint density at radius 3 is 2.64 bits per heavy atom. The topological polar surface area (TPSA) is 49.8 Å². The van der Waals surface area contributed by atoms with E-state index in [0.717, 1.165) is 11.1 Å². The van der Waals surface area contributed by atoms with Crippen molar-refractivity contribution in [2.75, 3.05) is 20.2 Å². The molecule has 0 aromatic heterocycles. The highest BCUT2D eigenvalue weighted by Crippen LogP contribution is 2.43. The molecular weight excluding hydrogens is 278 g/mol. The summed E-state index contributed by atoms with van der Waals surface area (Å²) < 4.78 is 4.76. The van der Waals surface area contributed by atoms with Crippen molar-refractivity contribution in [2.45, 2.75) is 25.4 Å². The maximum atomic E-state index is 11.6. The minimum absolute atomic E-state index is 0.274. The van der Waals surface area contributed by atoms with Crippen LogP contribution in [0.4, 0.5) is 4.79 Å². The van der Waals surface area contributed by atoms with E-state index in [9.17, 15) is 9.90 Å². The number of aryl methyl sites for hydroxylation is 1. The van der Waals surface area contributed by atoms with Crippen molar-refractivity contribution in [3.63, 3.8) is 0 Å². The summed E-state index contributed by atoms with van der Waals surface area (Å²) in [4.78, 5) is 13.3. The third kappa shape index (κ3) is 2.95. The lowest BCUT2D eigenvalue weighted by Gasteiger charge is -2.20. The van der Waals surface area contributed by atoms with Crippen molar-refractivity contribution in [3.8, 4) is 11.8 Å². The molecule has 1 aromatic carbocycles. The first kappa shape index (κ1) is 14.9. The predicted octanol–water partition coefficient (Wildman–Crippen LogP) is 2.19. The second-order valence-electron chi connectivity index (χ2n) is 6.45. The normalized spacial score (nSPS) is 29.7. The molecule has 2 fully saturated rings. The molecule has 1 aliphatic carbocycles. The quantitative estimate of drug-likeness (QED) is 0.747. The molecule has 0 spiro atoms. The van der Waals surface area contributed by atoms with Crippen LogP contribution in [0.3, 0.4) is 0 Å². The van der Waals surface area contributed by atoms with Gasteiger partial charge in [-0.1, -0.05) is 24.0 Å². The molecule has 1 N–H and O–H groups in total. The number of benzene rings is 1. The van der Waals surface area contributed by atoms with E-state index in [2.05, 4.69) is 11.8 Å². The van der Waals surface area contributed by atoms with Gasteiger partial charge in [0.05, 0.1) is 7.11 Å². The second kappa shape index (κ2) is 5.66. The Morgan fingerprint density at radius 2 is 2.05 bits per heavy atom. The number of ether oxygens (including phenoxy) is 1. The summed E-state index contributed by atoms with van der Waals surface area (Å²) in [6.45, 7) is 3.35. The summed E-state index contributed by atoms with van der Waals surface area (Å²) in [6.07, 6.45) is 0.984. The summed E-state index contributed by atoms with van der Waals surface area (Å²) in [5.41, 5.74) is 1.17. The Morgan fingerprint density at radius 1 is 1.36 bits per heavy atom. The zero-order valence-electron chi connectivity index (χ0n) is 13.0. The van der Waals surface area contributed by atoms with Gasteiger partial charge < -0.3 is 14.7 Å². The molecule has 0 radical (unpaired) electrons. The van der Waals surface area contributed by atoms with Crippen LogP contribution in [0.5, 0.6) is 0 Å². The van der Waals surface area contributed by atoms with Crippen LogP contribution in [-0.2, 0) is 4.74 Å². The van der Waals surface area contributed by atoms with Crippen LogP contribution in [-0.4, -0.2) is 41.9 Å². The first-order chi connectivity index (χ1) is 10.5. The summed E-state index contributed by atoms with van der Waals surface area (Å²) in [6, 6.07) is 7.98. The lowest BCUT2D eigenvalue weighted by Crippen LogP contribution is -2.32. The maximum absolute atomic E-state index is 11.6. The van der Waals surface area contributed by atoms with E-state index in [1.54, 1.807) is 4.90 Å². The van der Waals surface area contributed by atoms with Gasteiger partial charge in [0, 0.05) is 18.7 Å². The van der Waals surface area contributed by atoms with E-state index in [1.807, 2.05) is 31.2 Å². The number of fused-ring (bicyclic) bond motifs is 1. The third-order valence-electron chi connectivity index (χ3n) is 4.67. The van der Waals surface area contributed by atoms with E-state index in [1.165, 1.54) is 7.11 Å². The van der Waals surface area contributed by atoms with Gasteiger partial charge in [-0.25, -0.2) is 4.79 Å². The fraction of sp³-hybridized carbons (Fsp3) is 0.500. The number of aliphatic hydroxyl groups is 1. The standard InChI is InChI=1S/C18H21NO3/c1-13-4-3-5-14(8-13)6-7-18(21)9-15-11-19(17(20)22-2)12-16(15)10-18/h3-5,8,15-16,21H,9-12H2,1-2H3. The predicted molar refractivity (Wildman–Crippen MR) is 83.2 cm³/mol. The molecule has 1 aliphatic heterocycles. The van der Waals surface area contributed by atoms with Crippen LogP contribution in [0, 0.1) is 30.6 Å². The highest BCUT2D eigenvalue weighted by Gasteiger charge is 2.48. The fourth-order valence-electron chi connectivity index (χ4n) is 3.64. The third-order valence-corrected chi connectivity index (χ3v) is 4.67. The molecular formula is C18H21NO3. The highest BCUT2D eigenvalue weighted by molar-refractivity contribution is 5.67. The maximum Gasteiger partial charge on any atom is 0.409 e. The molecule has 1 amide bonds. The SMILES string of the molecule is COC(=O)N1CC2CC(O)(C#Cc3cccc(C)c3)CC2C1. The van der Waals surface area contributed by atoms with Gasteiger partial charge >= 0.3 is 6.09 Å². The molecule has 116 valence electrons. The van der Waals surface area contributed by atoms with Gasteiger partial charge in [-0.15, -0.1) is 0 Å². The zero-order valence-corrected chi connectivity index (χ0v) is 13.0. The van der Waals surface area contributed by atoms with Gasteiger partial charge in [-0.3, -0.25) is 0 Å². The molecule has 2 atom stereocenters. The molecule has 4 nitrogen and oxygen atoms in total. The van der Waals surface area contributed by atoms with E-state index < -0.39 is 5.60 Å². The lowest BCUT2D eigenvalue weighted by atomic mass is 10.00. The Labute approximate surface area is 131 Å². The number of carbonyl (C=O) groups excluding carboxylic acids is 1. The second-order valence-corrected chi connectivity index (χ2v) is 6.45. The van der Waals surface area contributed by atoms with E-state index in [-0.39, 0.29) is 6.09 Å². The van der Waals surface area contributed by atoms with Crippen molar-refractivity contribution >= 4 is 6.09 Å². The Balaban J connectivity index is 1.68. The number of rotatable bonds is 0. The van der Waals surface area contributed by atoms with Gasteiger partial charge in [0.2, 0.25) is 0 Å². The number of hydrogen-bond donors (Lipinski definition) is 1. The van der Waals surface area contributed by atoms with Crippen LogP contribution in [0.25, 0.3) is 0 Å². The number of methoxy groups -OCH3 is 1. The highest BCUT2D eigenvalue weighted by atomic mass is 16.5. The van der Waals surface area contributed by atoms with Crippen molar-refractivity contribution in [1.29, 1.82) is 0 Å². The van der Waals surface area contributed by atoms with Crippen LogP contribution >= 0.6 is 0 Å². The fourth-order valence-corrected chi connectivity index (χ4v) is 3.64. The summed E-state index contributed by atoms with van der Waals surface area (Å²) >= 11 is 0. The van der Waals surface area contributed by atoms with Crippen LogP contribution in [0.2, 0.25) is 0 Å². The van der Waals surface area contributed by atoms with Gasteiger partial charge in [0.25, 0.3) is 0 Å². The Bertz CT molecular complexity index is 629. The average Bonchev–Trinajstić information content (AvgIpc) is 3.00. The molecule has 1 aromatic rings. The van der Waals surface area contributed by atoms with E-state index >= 15 is 0 Å². The van der Waals surface area contributed by atoms with E-state index in [0.29, 0.717) is 37.8 Å². The number of likely N-dealkylation sites (tertiary alicyclic amines) is 1. The van der Waals surface area contributed by atoms with E-state index in [4.69, 9.17) is 4.74 Å². The number of amides is 1. The van der Waals surface area contributed by atoms with Crippen molar-refractivity contribution < 1.29 is 14.6 Å².